The highest BCUT2D eigenvalue weighted by Gasteiger charge is 2.19. The fraction of sp³-hybridized carbons (Fsp3) is 0.143. The van der Waals surface area contributed by atoms with E-state index in [0.717, 1.165) is 26.8 Å². The highest BCUT2D eigenvalue weighted by molar-refractivity contribution is 7.99. The molecule has 1 atom stereocenters. The Bertz CT molecular complexity index is 586. The van der Waals surface area contributed by atoms with Gasteiger partial charge in [0, 0.05) is 15.4 Å². The second-order valence-corrected chi connectivity index (χ2v) is 5.13. The molecule has 0 bridgehead atoms. The Kier molecular flexibility index (Phi) is 2.89. The van der Waals surface area contributed by atoms with Crippen molar-refractivity contribution in [2.75, 3.05) is 12.4 Å². The molecule has 0 radical (unpaired) electrons. The van der Waals surface area contributed by atoms with Crippen molar-refractivity contribution in [2.45, 2.75) is 16.0 Å². The second-order valence-electron chi connectivity index (χ2n) is 4.05. The molecule has 4 heteroatoms. The largest absolute Gasteiger partial charge is 0.497 e. The number of aliphatic hydroxyl groups excluding tert-OH is 1. The van der Waals surface area contributed by atoms with Crippen LogP contribution in [0.5, 0.6) is 5.75 Å². The maximum Gasteiger partial charge on any atom is 0.151 e. The summed E-state index contributed by atoms with van der Waals surface area (Å²) in [6, 6.07) is 13.6. The van der Waals surface area contributed by atoms with Crippen molar-refractivity contribution in [3.8, 4) is 5.75 Å². The van der Waals surface area contributed by atoms with Gasteiger partial charge in [0.1, 0.15) is 5.75 Å². The fourth-order valence-electron chi connectivity index (χ4n) is 1.98. The third kappa shape index (κ3) is 1.94. The summed E-state index contributed by atoms with van der Waals surface area (Å²) in [5.41, 5.74) is 1.82. The van der Waals surface area contributed by atoms with Crippen molar-refractivity contribution in [3.05, 3.63) is 48.0 Å². The van der Waals surface area contributed by atoms with Gasteiger partial charge >= 0.3 is 0 Å². The number of methoxy groups -OCH3 is 1. The van der Waals surface area contributed by atoms with Crippen LogP contribution in [0, 0.1) is 0 Å². The molecule has 2 aromatic rings. The summed E-state index contributed by atoms with van der Waals surface area (Å²) in [6.07, 6.45) is -0.677. The van der Waals surface area contributed by atoms with Gasteiger partial charge in [-0.25, -0.2) is 0 Å². The molecular formula is C14H13NO2S. The molecule has 1 aliphatic heterocycles. The maximum absolute atomic E-state index is 10.2. The molecule has 0 aromatic heterocycles. The smallest absolute Gasteiger partial charge is 0.151 e. The van der Waals surface area contributed by atoms with Crippen LogP contribution in [-0.2, 0) is 0 Å². The minimum atomic E-state index is -0.677. The molecule has 0 spiro atoms. The van der Waals surface area contributed by atoms with E-state index in [1.165, 1.54) is 0 Å². The predicted octanol–water partition coefficient (Wildman–Crippen LogP) is 3.26. The second kappa shape index (κ2) is 4.55. The van der Waals surface area contributed by atoms with Crippen molar-refractivity contribution in [2.24, 2.45) is 0 Å². The van der Waals surface area contributed by atoms with E-state index in [-0.39, 0.29) is 0 Å². The average Bonchev–Trinajstić information content (AvgIpc) is 2.54. The van der Waals surface area contributed by atoms with E-state index in [2.05, 4.69) is 5.32 Å². The van der Waals surface area contributed by atoms with Gasteiger partial charge in [0.15, 0.2) is 6.23 Å². The van der Waals surface area contributed by atoms with Crippen molar-refractivity contribution in [3.63, 3.8) is 0 Å². The van der Waals surface area contributed by atoms with Crippen LogP contribution < -0.4 is 10.1 Å². The number of ether oxygens (including phenoxy) is 1. The van der Waals surface area contributed by atoms with Crippen LogP contribution in [0.1, 0.15) is 11.8 Å². The van der Waals surface area contributed by atoms with Gasteiger partial charge < -0.3 is 15.2 Å². The van der Waals surface area contributed by atoms with Crippen LogP contribution in [-0.4, -0.2) is 12.2 Å². The summed E-state index contributed by atoms with van der Waals surface area (Å²) in [5.74, 6) is 0.817. The standard InChI is InChI=1S/C14H13NO2S/c1-17-9-6-7-11-13(8-9)18-12-5-3-2-4-10(12)14(16)15-11/h2-8,14-16H,1H3. The summed E-state index contributed by atoms with van der Waals surface area (Å²) >= 11 is 1.63. The fourth-order valence-corrected chi connectivity index (χ4v) is 3.07. The van der Waals surface area contributed by atoms with Gasteiger partial charge in [0.05, 0.1) is 12.8 Å². The molecule has 0 aliphatic carbocycles. The summed E-state index contributed by atoms with van der Waals surface area (Å²) < 4.78 is 5.23. The van der Waals surface area contributed by atoms with Crippen molar-refractivity contribution in [1.29, 1.82) is 0 Å². The predicted molar refractivity (Wildman–Crippen MR) is 72.1 cm³/mol. The van der Waals surface area contributed by atoms with Crippen LogP contribution in [0.3, 0.4) is 0 Å². The molecule has 92 valence electrons. The first kappa shape index (κ1) is 11.4. The molecule has 2 N–H and O–H groups in total. The lowest BCUT2D eigenvalue weighted by molar-refractivity contribution is 0.205. The molecule has 1 heterocycles. The first-order chi connectivity index (χ1) is 8.78. The van der Waals surface area contributed by atoms with Gasteiger partial charge in [0.25, 0.3) is 0 Å². The van der Waals surface area contributed by atoms with E-state index >= 15 is 0 Å². The van der Waals surface area contributed by atoms with E-state index in [0.29, 0.717) is 0 Å². The number of anilines is 1. The van der Waals surface area contributed by atoms with Gasteiger partial charge in [-0.05, 0) is 24.3 Å². The van der Waals surface area contributed by atoms with E-state index in [9.17, 15) is 5.11 Å². The van der Waals surface area contributed by atoms with Crippen LogP contribution in [0.25, 0.3) is 0 Å². The quantitative estimate of drug-likeness (QED) is 0.824. The summed E-state index contributed by atoms with van der Waals surface area (Å²) in [5, 5.41) is 13.3. The molecule has 0 fully saturated rings. The van der Waals surface area contributed by atoms with Gasteiger partial charge in [-0.15, -0.1) is 0 Å². The third-order valence-electron chi connectivity index (χ3n) is 2.91. The maximum atomic E-state index is 10.2. The number of aliphatic hydroxyl groups is 1. The topological polar surface area (TPSA) is 41.5 Å². The average molecular weight is 259 g/mol. The molecule has 0 amide bonds. The van der Waals surface area contributed by atoms with Gasteiger partial charge in [-0.2, -0.15) is 0 Å². The molecule has 3 nitrogen and oxygen atoms in total. The molecule has 1 aliphatic rings. The third-order valence-corrected chi connectivity index (χ3v) is 4.06. The molecule has 0 saturated heterocycles. The van der Waals surface area contributed by atoms with E-state index in [1.807, 2.05) is 42.5 Å². The van der Waals surface area contributed by atoms with Crippen molar-refractivity contribution in [1.82, 2.24) is 0 Å². The molecular weight excluding hydrogens is 246 g/mol. The van der Waals surface area contributed by atoms with Gasteiger partial charge in [-0.1, -0.05) is 30.0 Å². The SMILES string of the molecule is COc1ccc2c(c1)Sc1ccccc1C(O)N2. The van der Waals surface area contributed by atoms with Crippen LogP contribution in [0.4, 0.5) is 5.69 Å². The molecule has 0 saturated carbocycles. The van der Waals surface area contributed by atoms with Crippen LogP contribution in [0.2, 0.25) is 0 Å². The number of hydrogen-bond acceptors (Lipinski definition) is 4. The number of hydrogen-bond donors (Lipinski definition) is 2. The summed E-state index contributed by atoms with van der Waals surface area (Å²) in [4.78, 5) is 2.11. The van der Waals surface area contributed by atoms with E-state index in [1.54, 1.807) is 18.9 Å². The zero-order valence-electron chi connectivity index (χ0n) is 9.88. The minimum absolute atomic E-state index is 0.677. The Morgan fingerprint density at radius 1 is 1.17 bits per heavy atom. The lowest BCUT2D eigenvalue weighted by Crippen LogP contribution is -2.09. The first-order valence-electron chi connectivity index (χ1n) is 5.67. The zero-order chi connectivity index (χ0) is 12.5. The lowest BCUT2D eigenvalue weighted by Gasteiger charge is -2.13. The Morgan fingerprint density at radius 2 is 2.00 bits per heavy atom. The number of benzene rings is 2. The Hall–Kier alpha value is -1.65. The highest BCUT2D eigenvalue weighted by atomic mass is 32.2. The van der Waals surface area contributed by atoms with E-state index in [4.69, 9.17) is 4.74 Å². The minimum Gasteiger partial charge on any atom is -0.497 e. The van der Waals surface area contributed by atoms with Crippen molar-refractivity contribution < 1.29 is 9.84 Å². The molecule has 3 rings (SSSR count). The zero-order valence-corrected chi connectivity index (χ0v) is 10.7. The molecule has 2 aromatic carbocycles. The van der Waals surface area contributed by atoms with Crippen LogP contribution in [0.15, 0.2) is 52.3 Å². The molecule has 18 heavy (non-hydrogen) atoms. The van der Waals surface area contributed by atoms with Gasteiger partial charge in [-0.3, -0.25) is 0 Å². The number of nitrogens with one attached hydrogen (secondary N) is 1. The van der Waals surface area contributed by atoms with Crippen molar-refractivity contribution >= 4 is 17.4 Å². The first-order valence-corrected chi connectivity index (χ1v) is 6.49. The lowest BCUT2D eigenvalue weighted by atomic mass is 10.2. The Morgan fingerprint density at radius 3 is 2.83 bits per heavy atom. The van der Waals surface area contributed by atoms with Crippen LogP contribution >= 0.6 is 11.8 Å². The Balaban J connectivity index is 2.10. The summed E-state index contributed by atoms with van der Waals surface area (Å²) in [7, 11) is 1.65. The van der Waals surface area contributed by atoms with Gasteiger partial charge in [0.2, 0.25) is 0 Å². The monoisotopic (exact) mass is 259 g/mol. The summed E-state index contributed by atoms with van der Waals surface area (Å²) in [6.45, 7) is 0. The highest BCUT2D eigenvalue weighted by Crippen LogP contribution is 2.42. The normalized spacial score (nSPS) is 17.1. The number of fused-ring (bicyclic) bond motifs is 2. The number of rotatable bonds is 1. The molecule has 1 unspecified atom stereocenters. The Labute approximate surface area is 110 Å². The van der Waals surface area contributed by atoms with E-state index < -0.39 is 6.23 Å².